The Kier molecular flexibility index (Phi) is 2.64. The fourth-order valence-corrected chi connectivity index (χ4v) is 3.49. The molecule has 2 heteroatoms. The molecule has 2 atom stereocenters. The molecular weight excluding hydrogens is 200 g/mol. The predicted molar refractivity (Wildman–Crippen MR) is 64.0 cm³/mol. The van der Waals surface area contributed by atoms with Crippen molar-refractivity contribution >= 4 is 5.97 Å². The van der Waals surface area contributed by atoms with Crippen LogP contribution in [0.1, 0.15) is 52.9 Å². The molecule has 2 aliphatic rings. The predicted octanol–water partition coefficient (Wildman–Crippen LogP) is 3.46. The van der Waals surface area contributed by atoms with Gasteiger partial charge in [0.2, 0.25) is 0 Å². The van der Waals surface area contributed by atoms with E-state index < -0.39 is 0 Å². The average Bonchev–Trinajstić information content (AvgIpc) is 2.41. The molecule has 2 fully saturated rings. The highest BCUT2D eigenvalue weighted by Crippen LogP contribution is 2.51. The molecule has 0 radical (unpaired) electrons. The van der Waals surface area contributed by atoms with Crippen LogP contribution in [0.25, 0.3) is 0 Å². The van der Waals surface area contributed by atoms with Crippen molar-refractivity contribution in [3.8, 4) is 0 Å². The number of carbonyl (C=O) groups excluding carboxylic acids is 1. The first kappa shape index (κ1) is 11.7. The van der Waals surface area contributed by atoms with Crippen LogP contribution in [0.4, 0.5) is 0 Å². The van der Waals surface area contributed by atoms with Gasteiger partial charge in [-0.3, -0.25) is 0 Å². The number of ether oxygens (including phenoxy) is 1. The summed E-state index contributed by atoms with van der Waals surface area (Å²) < 4.78 is 5.70. The monoisotopic (exact) mass is 222 g/mol. The molecule has 1 saturated carbocycles. The quantitative estimate of drug-likeness (QED) is 0.463. The summed E-state index contributed by atoms with van der Waals surface area (Å²) in [6.07, 6.45) is 5.36. The van der Waals surface area contributed by atoms with Gasteiger partial charge in [0, 0.05) is 17.9 Å². The number of hydrogen-bond donors (Lipinski definition) is 0. The maximum atomic E-state index is 11.6. The maximum absolute atomic E-state index is 11.6. The van der Waals surface area contributed by atoms with E-state index in [4.69, 9.17) is 4.74 Å². The van der Waals surface area contributed by atoms with Crippen LogP contribution in [0, 0.1) is 11.3 Å². The second-order valence-electron chi connectivity index (χ2n) is 6.40. The Balaban J connectivity index is 2.30. The van der Waals surface area contributed by atoms with E-state index in [0.717, 1.165) is 12.8 Å². The Morgan fingerprint density at radius 1 is 1.38 bits per heavy atom. The van der Waals surface area contributed by atoms with Crippen molar-refractivity contribution in [2.24, 2.45) is 11.3 Å². The normalized spacial score (nSPS) is 35.6. The lowest BCUT2D eigenvalue weighted by Gasteiger charge is -2.46. The Bertz CT molecular complexity index is 306. The van der Waals surface area contributed by atoms with E-state index in [0.29, 0.717) is 11.5 Å². The van der Waals surface area contributed by atoms with Gasteiger partial charge in [0.1, 0.15) is 5.60 Å². The Morgan fingerprint density at radius 2 is 2.06 bits per heavy atom. The first-order chi connectivity index (χ1) is 7.35. The number of esters is 1. The number of rotatable bonds is 0. The van der Waals surface area contributed by atoms with E-state index in [1.165, 1.54) is 19.3 Å². The summed E-state index contributed by atoms with van der Waals surface area (Å²) >= 11 is 0. The average molecular weight is 222 g/mol. The van der Waals surface area contributed by atoms with Crippen LogP contribution < -0.4 is 0 Å². The minimum atomic E-state index is -0.231. The summed E-state index contributed by atoms with van der Waals surface area (Å²) in [6, 6.07) is 0. The minimum absolute atomic E-state index is 0.170. The highest BCUT2D eigenvalue weighted by molar-refractivity contribution is 5.90. The van der Waals surface area contributed by atoms with Gasteiger partial charge in [-0.2, -0.15) is 0 Å². The molecule has 90 valence electrons. The van der Waals surface area contributed by atoms with E-state index in [1.54, 1.807) is 0 Å². The molecule has 2 nitrogen and oxygen atoms in total. The van der Waals surface area contributed by atoms with E-state index in [-0.39, 0.29) is 17.0 Å². The lowest BCUT2D eigenvalue weighted by molar-refractivity contribution is -0.160. The molecule has 1 aliphatic heterocycles. The van der Waals surface area contributed by atoms with Crippen molar-refractivity contribution in [2.75, 3.05) is 0 Å². The standard InChI is InChI=1S/C14H22O2/c1-10-9-14(16-12(10)15)8-6-5-7-11(14)13(2,3)4/h11H,1,5-9H2,2-4H3. The zero-order valence-corrected chi connectivity index (χ0v) is 10.6. The molecule has 1 spiro atoms. The van der Waals surface area contributed by atoms with Crippen LogP contribution >= 0.6 is 0 Å². The summed E-state index contributed by atoms with van der Waals surface area (Å²) in [5.41, 5.74) is 0.631. The highest BCUT2D eigenvalue weighted by Gasteiger charge is 2.53. The molecule has 1 saturated heterocycles. The molecule has 1 aliphatic carbocycles. The van der Waals surface area contributed by atoms with Gasteiger partial charge in [-0.15, -0.1) is 0 Å². The van der Waals surface area contributed by atoms with Crippen molar-refractivity contribution in [3.63, 3.8) is 0 Å². The molecule has 1 heterocycles. The maximum Gasteiger partial charge on any atom is 0.334 e. The van der Waals surface area contributed by atoms with Crippen LogP contribution in [-0.2, 0) is 9.53 Å². The summed E-state index contributed by atoms with van der Waals surface area (Å²) in [4.78, 5) is 11.6. The SMILES string of the molecule is C=C1CC2(CCCCC2C(C)(C)C)OC1=O. The molecule has 0 N–H and O–H groups in total. The second-order valence-corrected chi connectivity index (χ2v) is 6.40. The largest absolute Gasteiger partial charge is 0.455 e. The third kappa shape index (κ3) is 1.79. The van der Waals surface area contributed by atoms with Crippen LogP contribution in [0.3, 0.4) is 0 Å². The number of hydrogen-bond acceptors (Lipinski definition) is 2. The van der Waals surface area contributed by atoms with Gasteiger partial charge in [0.15, 0.2) is 0 Å². The lowest BCUT2D eigenvalue weighted by atomic mass is 9.63. The fourth-order valence-electron chi connectivity index (χ4n) is 3.49. The molecule has 2 rings (SSSR count). The Morgan fingerprint density at radius 3 is 2.56 bits per heavy atom. The molecule has 0 aromatic heterocycles. The third-order valence-electron chi connectivity index (χ3n) is 4.12. The summed E-state index contributed by atoms with van der Waals surface area (Å²) in [6.45, 7) is 10.6. The number of carbonyl (C=O) groups is 1. The topological polar surface area (TPSA) is 26.3 Å². The Hall–Kier alpha value is -0.790. The summed E-state index contributed by atoms with van der Waals surface area (Å²) in [5, 5.41) is 0. The minimum Gasteiger partial charge on any atom is -0.455 e. The smallest absolute Gasteiger partial charge is 0.334 e. The van der Waals surface area contributed by atoms with Crippen LogP contribution in [0.15, 0.2) is 12.2 Å². The van der Waals surface area contributed by atoms with E-state index in [9.17, 15) is 4.79 Å². The fraction of sp³-hybridized carbons (Fsp3) is 0.786. The van der Waals surface area contributed by atoms with E-state index in [1.807, 2.05) is 0 Å². The zero-order chi connectivity index (χ0) is 12.0. The second kappa shape index (κ2) is 3.61. The van der Waals surface area contributed by atoms with Crippen molar-refractivity contribution in [1.82, 2.24) is 0 Å². The van der Waals surface area contributed by atoms with Gasteiger partial charge in [0.25, 0.3) is 0 Å². The Labute approximate surface area is 98.1 Å². The lowest BCUT2D eigenvalue weighted by Crippen LogP contribution is -2.46. The molecule has 0 aromatic carbocycles. The third-order valence-corrected chi connectivity index (χ3v) is 4.12. The summed E-state index contributed by atoms with van der Waals surface area (Å²) in [5.74, 6) is 0.299. The van der Waals surface area contributed by atoms with Gasteiger partial charge < -0.3 is 4.74 Å². The van der Waals surface area contributed by atoms with Gasteiger partial charge >= 0.3 is 5.97 Å². The summed E-state index contributed by atoms with van der Waals surface area (Å²) in [7, 11) is 0. The molecule has 0 aromatic rings. The van der Waals surface area contributed by atoms with Gasteiger partial charge in [-0.25, -0.2) is 4.79 Å². The van der Waals surface area contributed by atoms with E-state index in [2.05, 4.69) is 27.4 Å². The first-order valence-corrected chi connectivity index (χ1v) is 6.26. The highest BCUT2D eigenvalue weighted by atomic mass is 16.6. The van der Waals surface area contributed by atoms with Crippen LogP contribution in [0.5, 0.6) is 0 Å². The van der Waals surface area contributed by atoms with E-state index >= 15 is 0 Å². The molecule has 2 unspecified atom stereocenters. The van der Waals surface area contributed by atoms with Crippen molar-refractivity contribution in [1.29, 1.82) is 0 Å². The molecule has 0 bridgehead atoms. The molecule has 0 amide bonds. The van der Waals surface area contributed by atoms with Crippen molar-refractivity contribution in [3.05, 3.63) is 12.2 Å². The van der Waals surface area contributed by atoms with Crippen molar-refractivity contribution < 1.29 is 9.53 Å². The first-order valence-electron chi connectivity index (χ1n) is 6.26. The van der Waals surface area contributed by atoms with Crippen molar-refractivity contribution in [2.45, 2.75) is 58.5 Å². The zero-order valence-electron chi connectivity index (χ0n) is 10.6. The molecular formula is C14H22O2. The van der Waals surface area contributed by atoms with Gasteiger partial charge in [-0.1, -0.05) is 33.8 Å². The van der Waals surface area contributed by atoms with Crippen LogP contribution in [-0.4, -0.2) is 11.6 Å². The van der Waals surface area contributed by atoms with Crippen LogP contribution in [0.2, 0.25) is 0 Å². The van der Waals surface area contributed by atoms with Gasteiger partial charge in [0.05, 0.1) is 0 Å². The molecule has 16 heavy (non-hydrogen) atoms. The van der Waals surface area contributed by atoms with Gasteiger partial charge in [-0.05, 0) is 24.7 Å².